The van der Waals surface area contributed by atoms with E-state index in [0.29, 0.717) is 6.61 Å². The molecule has 4 nitrogen and oxygen atoms in total. The monoisotopic (exact) mass is 292 g/mol. The van der Waals surface area contributed by atoms with E-state index in [1.807, 2.05) is 13.0 Å². The van der Waals surface area contributed by atoms with Gasteiger partial charge in [0, 0.05) is 18.8 Å². The standard InChI is InChI=1S/C17H28N2O2/c1-4-6-13-19(15-10-8-7-9-11-15)14-12-16(18-3)17(20)21-5-2/h7-11,16,18H,4-6,12-14H2,1-3H3. The molecular weight excluding hydrogens is 264 g/mol. The van der Waals surface area contributed by atoms with Crippen LogP contribution in [0.1, 0.15) is 33.1 Å². The van der Waals surface area contributed by atoms with Crippen LogP contribution in [0.15, 0.2) is 30.3 Å². The van der Waals surface area contributed by atoms with Gasteiger partial charge in [-0.1, -0.05) is 31.5 Å². The molecule has 0 amide bonds. The molecule has 118 valence electrons. The lowest BCUT2D eigenvalue weighted by Gasteiger charge is -2.26. The van der Waals surface area contributed by atoms with Crippen LogP contribution in [0.5, 0.6) is 0 Å². The van der Waals surface area contributed by atoms with Crippen LogP contribution in [-0.2, 0) is 9.53 Å². The first-order valence-corrected chi connectivity index (χ1v) is 7.86. The molecule has 0 spiro atoms. The van der Waals surface area contributed by atoms with Gasteiger partial charge in [0.05, 0.1) is 6.61 Å². The Morgan fingerprint density at radius 2 is 1.95 bits per heavy atom. The van der Waals surface area contributed by atoms with Crippen LogP contribution in [0.3, 0.4) is 0 Å². The van der Waals surface area contributed by atoms with Gasteiger partial charge in [0.2, 0.25) is 0 Å². The first-order valence-electron chi connectivity index (χ1n) is 7.86. The molecule has 1 aromatic rings. The van der Waals surface area contributed by atoms with Gasteiger partial charge in [0.25, 0.3) is 0 Å². The number of anilines is 1. The normalized spacial score (nSPS) is 12.0. The molecule has 0 heterocycles. The number of para-hydroxylation sites is 1. The Labute approximate surface area is 128 Å². The predicted molar refractivity (Wildman–Crippen MR) is 87.7 cm³/mol. The van der Waals surface area contributed by atoms with Gasteiger partial charge >= 0.3 is 5.97 Å². The molecule has 0 aliphatic rings. The summed E-state index contributed by atoms with van der Waals surface area (Å²) in [4.78, 5) is 14.2. The van der Waals surface area contributed by atoms with Gasteiger partial charge in [-0.25, -0.2) is 0 Å². The zero-order valence-corrected chi connectivity index (χ0v) is 13.5. The summed E-state index contributed by atoms with van der Waals surface area (Å²) in [6.45, 7) is 6.31. The minimum atomic E-state index is -0.238. The highest BCUT2D eigenvalue weighted by molar-refractivity contribution is 5.75. The molecule has 21 heavy (non-hydrogen) atoms. The Hall–Kier alpha value is -1.55. The van der Waals surface area contributed by atoms with Crippen molar-refractivity contribution in [3.8, 4) is 0 Å². The highest BCUT2D eigenvalue weighted by Gasteiger charge is 2.18. The number of benzene rings is 1. The number of likely N-dealkylation sites (N-methyl/N-ethyl adjacent to an activating group) is 1. The van der Waals surface area contributed by atoms with E-state index >= 15 is 0 Å². The number of esters is 1. The Morgan fingerprint density at radius 1 is 1.24 bits per heavy atom. The number of carbonyl (C=O) groups is 1. The SMILES string of the molecule is CCCCN(CCC(NC)C(=O)OCC)c1ccccc1. The zero-order valence-electron chi connectivity index (χ0n) is 13.5. The van der Waals surface area contributed by atoms with Crippen LogP contribution in [0.25, 0.3) is 0 Å². The second-order valence-electron chi connectivity index (χ2n) is 5.06. The third-order valence-corrected chi connectivity index (χ3v) is 3.51. The van der Waals surface area contributed by atoms with Gasteiger partial charge in [-0.2, -0.15) is 0 Å². The quantitative estimate of drug-likeness (QED) is 0.673. The molecule has 0 fully saturated rings. The number of nitrogens with zero attached hydrogens (tertiary/aromatic N) is 1. The maximum absolute atomic E-state index is 11.8. The number of carbonyl (C=O) groups excluding carboxylic acids is 1. The average molecular weight is 292 g/mol. The molecule has 1 N–H and O–H groups in total. The summed E-state index contributed by atoms with van der Waals surface area (Å²) >= 11 is 0. The summed E-state index contributed by atoms with van der Waals surface area (Å²) in [5.41, 5.74) is 1.21. The van der Waals surface area contributed by atoms with Gasteiger partial charge in [-0.15, -0.1) is 0 Å². The third-order valence-electron chi connectivity index (χ3n) is 3.51. The molecule has 0 aromatic heterocycles. The summed E-state index contributed by atoms with van der Waals surface area (Å²) < 4.78 is 5.09. The van der Waals surface area contributed by atoms with Gasteiger partial charge in [-0.05, 0) is 38.9 Å². The number of hydrogen-bond acceptors (Lipinski definition) is 4. The second-order valence-corrected chi connectivity index (χ2v) is 5.06. The first-order chi connectivity index (χ1) is 10.2. The molecular formula is C17H28N2O2. The van der Waals surface area contributed by atoms with Crippen molar-refractivity contribution in [1.29, 1.82) is 0 Å². The fourth-order valence-corrected chi connectivity index (χ4v) is 2.27. The van der Waals surface area contributed by atoms with Crippen molar-refractivity contribution < 1.29 is 9.53 Å². The minimum Gasteiger partial charge on any atom is -0.465 e. The number of hydrogen-bond donors (Lipinski definition) is 1. The number of nitrogens with one attached hydrogen (secondary N) is 1. The smallest absolute Gasteiger partial charge is 0.323 e. The molecule has 0 bridgehead atoms. The maximum atomic E-state index is 11.8. The number of unbranched alkanes of at least 4 members (excludes halogenated alkanes) is 1. The van der Waals surface area contributed by atoms with E-state index in [4.69, 9.17) is 4.74 Å². The lowest BCUT2D eigenvalue weighted by atomic mass is 10.1. The minimum absolute atomic E-state index is 0.163. The van der Waals surface area contributed by atoms with Crippen molar-refractivity contribution >= 4 is 11.7 Å². The lowest BCUT2D eigenvalue weighted by Crippen LogP contribution is -2.39. The van der Waals surface area contributed by atoms with Crippen molar-refractivity contribution in [3.63, 3.8) is 0 Å². The van der Waals surface area contributed by atoms with E-state index in [0.717, 1.165) is 32.4 Å². The molecule has 1 aromatic carbocycles. The molecule has 4 heteroatoms. The molecule has 1 atom stereocenters. The van der Waals surface area contributed by atoms with Crippen LogP contribution >= 0.6 is 0 Å². The number of rotatable bonds is 10. The largest absolute Gasteiger partial charge is 0.465 e. The number of ether oxygens (including phenoxy) is 1. The van der Waals surface area contributed by atoms with Crippen LogP contribution in [0, 0.1) is 0 Å². The van der Waals surface area contributed by atoms with E-state index < -0.39 is 0 Å². The van der Waals surface area contributed by atoms with E-state index in [-0.39, 0.29) is 12.0 Å². The Balaban J connectivity index is 2.62. The van der Waals surface area contributed by atoms with Gasteiger partial charge < -0.3 is 15.0 Å². The lowest BCUT2D eigenvalue weighted by molar-refractivity contribution is -0.145. The molecule has 0 aliphatic carbocycles. The Bertz CT molecular complexity index is 395. The van der Waals surface area contributed by atoms with Crippen molar-refractivity contribution in [1.82, 2.24) is 5.32 Å². The topological polar surface area (TPSA) is 41.6 Å². The molecule has 0 aliphatic heterocycles. The molecule has 1 rings (SSSR count). The van der Waals surface area contributed by atoms with E-state index in [1.54, 1.807) is 7.05 Å². The summed E-state index contributed by atoms with van der Waals surface area (Å²) in [5, 5.41) is 3.05. The van der Waals surface area contributed by atoms with E-state index in [2.05, 4.69) is 41.4 Å². The van der Waals surface area contributed by atoms with Crippen molar-refractivity contribution in [2.24, 2.45) is 0 Å². The first kappa shape index (κ1) is 17.5. The van der Waals surface area contributed by atoms with Gasteiger partial charge in [-0.3, -0.25) is 4.79 Å². The third kappa shape index (κ3) is 6.17. The second kappa shape index (κ2) is 10.2. The highest BCUT2D eigenvalue weighted by atomic mass is 16.5. The van der Waals surface area contributed by atoms with Crippen LogP contribution in [0.2, 0.25) is 0 Å². The highest BCUT2D eigenvalue weighted by Crippen LogP contribution is 2.15. The molecule has 0 saturated carbocycles. The maximum Gasteiger partial charge on any atom is 0.323 e. The van der Waals surface area contributed by atoms with Gasteiger partial charge in [0.1, 0.15) is 6.04 Å². The van der Waals surface area contributed by atoms with Crippen molar-refractivity contribution in [2.75, 3.05) is 31.6 Å². The fraction of sp³-hybridized carbons (Fsp3) is 0.588. The summed E-state index contributed by atoms with van der Waals surface area (Å²) in [5.74, 6) is -0.163. The van der Waals surface area contributed by atoms with Crippen molar-refractivity contribution in [3.05, 3.63) is 30.3 Å². The zero-order chi connectivity index (χ0) is 15.5. The summed E-state index contributed by atoms with van der Waals surface area (Å²) in [6, 6.07) is 10.1. The van der Waals surface area contributed by atoms with E-state index in [1.165, 1.54) is 5.69 Å². The Kier molecular flexibility index (Phi) is 8.51. The average Bonchev–Trinajstić information content (AvgIpc) is 2.52. The predicted octanol–water partition coefficient (Wildman–Crippen LogP) is 2.83. The van der Waals surface area contributed by atoms with Crippen LogP contribution in [-0.4, -0.2) is 38.8 Å². The van der Waals surface area contributed by atoms with Crippen LogP contribution < -0.4 is 10.2 Å². The molecule has 0 saturated heterocycles. The van der Waals surface area contributed by atoms with Gasteiger partial charge in [0.15, 0.2) is 0 Å². The summed E-state index contributed by atoms with van der Waals surface area (Å²) in [6.07, 6.45) is 3.06. The van der Waals surface area contributed by atoms with Crippen molar-refractivity contribution in [2.45, 2.75) is 39.2 Å². The Morgan fingerprint density at radius 3 is 2.52 bits per heavy atom. The molecule has 0 radical (unpaired) electrons. The summed E-state index contributed by atoms with van der Waals surface area (Å²) in [7, 11) is 1.81. The van der Waals surface area contributed by atoms with E-state index in [9.17, 15) is 4.79 Å². The fourth-order valence-electron chi connectivity index (χ4n) is 2.27. The molecule has 1 unspecified atom stereocenters. The van der Waals surface area contributed by atoms with Crippen LogP contribution in [0.4, 0.5) is 5.69 Å².